The van der Waals surface area contributed by atoms with E-state index in [1.165, 1.54) is 18.3 Å². The second-order valence-corrected chi connectivity index (χ2v) is 6.71. The lowest BCUT2D eigenvalue weighted by Gasteiger charge is -2.15. The Morgan fingerprint density at radius 2 is 2.33 bits per heavy atom. The lowest BCUT2D eigenvalue weighted by molar-refractivity contribution is -0.137. The molecular weight excluding hydrogens is 318 g/mol. The standard InChI is InChI=1S/C11H13N3O5S2/c1-6-10(11(12)13-19-6)21(17,18)14-8(4-9(15)16)7-2-3-20-5-7/h2-3,5,8,14H,4H2,1H3,(H2,12,13)(H,15,16). The van der Waals surface area contributed by atoms with Crippen LogP contribution in [0.5, 0.6) is 0 Å². The molecule has 1 atom stereocenters. The van der Waals surface area contributed by atoms with Crippen molar-refractivity contribution in [2.45, 2.75) is 24.3 Å². The van der Waals surface area contributed by atoms with Crippen LogP contribution in [0, 0.1) is 6.92 Å². The van der Waals surface area contributed by atoms with Crippen LogP contribution in [0.25, 0.3) is 0 Å². The van der Waals surface area contributed by atoms with E-state index in [1.807, 2.05) is 0 Å². The fourth-order valence-corrected chi connectivity index (χ4v) is 3.98. The maximum atomic E-state index is 12.3. The van der Waals surface area contributed by atoms with Gasteiger partial charge in [0.1, 0.15) is 0 Å². The maximum absolute atomic E-state index is 12.3. The van der Waals surface area contributed by atoms with Gasteiger partial charge in [0.05, 0.1) is 12.5 Å². The van der Waals surface area contributed by atoms with Gasteiger partial charge in [0.2, 0.25) is 10.0 Å². The molecule has 0 aliphatic heterocycles. The second-order valence-electron chi connectivity index (χ2n) is 4.28. The molecule has 21 heavy (non-hydrogen) atoms. The fraction of sp³-hybridized carbons (Fsp3) is 0.273. The van der Waals surface area contributed by atoms with Crippen LogP contribution in [0.4, 0.5) is 5.82 Å². The number of carboxylic acids is 1. The van der Waals surface area contributed by atoms with Crippen LogP contribution < -0.4 is 10.5 Å². The summed E-state index contributed by atoms with van der Waals surface area (Å²) < 4.78 is 31.7. The smallest absolute Gasteiger partial charge is 0.305 e. The normalized spacial score (nSPS) is 13.2. The molecule has 4 N–H and O–H groups in total. The Morgan fingerprint density at radius 3 is 2.81 bits per heavy atom. The second kappa shape index (κ2) is 5.84. The molecule has 0 aliphatic carbocycles. The van der Waals surface area contributed by atoms with Gasteiger partial charge in [0.25, 0.3) is 0 Å². The monoisotopic (exact) mass is 331 g/mol. The number of nitrogens with one attached hydrogen (secondary N) is 1. The first-order valence-corrected chi connectivity index (χ1v) is 8.22. The van der Waals surface area contributed by atoms with Crippen molar-refractivity contribution in [3.63, 3.8) is 0 Å². The number of aromatic nitrogens is 1. The van der Waals surface area contributed by atoms with E-state index in [9.17, 15) is 13.2 Å². The van der Waals surface area contributed by atoms with Crippen LogP contribution in [-0.4, -0.2) is 24.7 Å². The van der Waals surface area contributed by atoms with Gasteiger partial charge in [0, 0.05) is 0 Å². The van der Waals surface area contributed by atoms with E-state index in [-0.39, 0.29) is 22.9 Å². The summed E-state index contributed by atoms with van der Waals surface area (Å²) in [5.74, 6) is -1.34. The first-order chi connectivity index (χ1) is 9.81. The van der Waals surface area contributed by atoms with Crippen LogP contribution in [0.2, 0.25) is 0 Å². The average Bonchev–Trinajstić information content (AvgIpc) is 2.97. The molecule has 0 fully saturated rings. The van der Waals surface area contributed by atoms with Crippen molar-refractivity contribution in [2.75, 3.05) is 5.73 Å². The van der Waals surface area contributed by atoms with Gasteiger partial charge in [-0.05, 0) is 29.3 Å². The molecule has 2 rings (SSSR count). The van der Waals surface area contributed by atoms with E-state index in [2.05, 4.69) is 9.88 Å². The number of nitrogen functional groups attached to an aromatic ring is 1. The average molecular weight is 331 g/mol. The van der Waals surface area contributed by atoms with Crippen LogP contribution in [-0.2, 0) is 14.8 Å². The molecule has 0 aromatic carbocycles. The Morgan fingerprint density at radius 1 is 1.62 bits per heavy atom. The first-order valence-electron chi connectivity index (χ1n) is 5.79. The number of sulfonamides is 1. The molecule has 0 saturated carbocycles. The molecule has 2 aromatic heterocycles. The molecule has 2 aromatic rings. The van der Waals surface area contributed by atoms with E-state index in [4.69, 9.17) is 15.4 Å². The van der Waals surface area contributed by atoms with Crippen LogP contribution in [0.15, 0.2) is 26.2 Å². The highest BCUT2D eigenvalue weighted by Gasteiger charge is 2.29. The zero-order valence-electron chi connectivity index (χ0n) is 10.9. The molecule has 0 saturated heterocycles. The minimum atomic E-state index is -4.04. The lowest BCUT2D eigenvalue weighted by Crippen LogP contribution is -2.30. The maximum Gasteiger partial charge on any atom is 0.305 e. The van der Waals surface area contributed by atoms with Gasteiger partial charge in [-0.1, -0.05) is 5.16 Å². The number of nitrogens with zero attached hydrogens (tertiary/aromatic N) is 1. The summed E-state index contributed by atoms with van der Waals surface area (Å²) in [6.45, 7) is 1.41. The number of carbonyl (C=O) groups is 1. The zero-order valence-corrected chi connectivity index (χ0v) is 12.6. The predicted molar refractivity (Wildman–Crippen MR) is 75.3 cm³/mol. The Labute approximate surface area is 124 Å². The third-order valence-electron chi connectivity index (χ3n) is 2.72. The summed E-state index contributed by atoms with van der Waals surface area (Å²) in [4.78, 5) is 10.7. The molecule has 1 unspecified atom stereocenters. The molecule has 0 aliphatic rings. The number of aliphatic carboxylic acids is 1. The van der Waals surface area contributed by atoms with Gasteiger partial charge < -0.3 is 15.4 Å². The zero-order chi connectivity index (χ0) is 15.6. The van der Waals surface area contributed by atoms with Crippen molar-refractivity contribution in [2.24, 2.45) is 0 Å². The van der Waals surface area contributed by atoms with E-state index in [0.717, 1.165) is 0 Å². The summed E-state index contributed by atoms with van der Waals surface area (Å²) in [7, 11) is -4.04. The van der Waals surface area contributed by atoms with E-state index in [1.54, 1.807) is 16.8 Å². The molecule has 0 bridgehead atoms. The SMILES string of the molecule is Cc1onc(N)c1S(=O)(=O)NC(CC(=O)O)c1ccsc1. The van der Waals surface area contributed by atoms with Gasteiger partial charge in [-0.2, -0.15) is 11.3 Å². The van der Waals surface area contributed by atoms with Crippen molar-refractivity contribution >= 4 is 33.1 Å². The Kier molecular flexibility index (Phi) is 4.30. The largest absolute Gasteiger partial charge is 0.481 e. The molecule has 114 valence electrons. The van der Waals surface area contributed by atoms with Crippen molar-refractivity contribution in [1.29, 1.82) is 0 Å². The predicted octanol–water partition coefficient (Wildman–Crippen LogP) is 1.12. The van der Waals surface area contributed by atoms with Crippen molar-refractivity contribution < 1.29 is 22.8 Å². The number of carboxylic acid groups (broad SMARTS) is 1. The minimum absolute atomic E-state index is 0.0411. The summed E-state index contributed by atoms with van der Waals surface area (Å²) in [5.41, 5.74) is 6.05. The van der Waals surface area contributed by atoms with Crippen LogP contribution >= 0.6 is 11.3 Å². The number of aryl methyl sites for hydroxylation is 1. The number of nitrogens with two attached hydrogens (primary N) is 1. The summed E-state index contributed by atoms with van der Waals surface area (Å²) in [6, 6.07) is 0.761. The highest BCUT2D eigenvalue weighted by atomic mass is 32.2. The van der Waals surface area contributed by atoms with Crippen LogP contribution in [0.3, 0.4) is 0 Å². The molecule has 0 amide bonds. The number of thiophene rings is 1. The summed E-state index contributed by atoms with van der Waals surface area (Å²) in [5, 5.41) is 15.7. The topological polar surface area (TPSA) is 136 Å². The molecular formula is C11H13N3O5S2. The third kappa shape index (κ3) is 3.40. The van der Waals surface area contributed by atoms with E-state index < -0.39 is 22.0 Å². The lowest BCUT2D eigenvalue weighted by atomic mass is 10.1. The van der Waals surface area contributed by atoms with E-state index in [0.29, 0.717) is 5.56 Å². The van der Waals surface area contributed by atoms with Gasteiger partial charge in [-0.15, -0.1) is 0 Å². The first kappa shape index (κ1) is 15.5. The summed E-state index contributed by atoms with van der Waals surface area (Å²) >= 11 is 1.34. The molecule has 8 nitrogen and oxygen atoms in total. The van der Waals surface area contributed by atoms with Crippen LogP contribution in [0.1, 0.15) is 23.8 Å². The third-order valence-corrected chi connectivity index (χ3v) is 5.05. The Hall–Kier alpha value is -1.91. The van der Waals surface area contributed by atoms with Crippen molar-refractivity contribution in [3.8, 4) is 0 Å². The van der Waals surface area contributed by atoms with Gasteiger partial charge >= 0.3 is 5.97 Å². The number of rotatable bonds is 6. The number of hydrogen-bond acceptors (Lipinski definition) is 7. The molecule has 0 radical (unpaired) electrons. The summed E-state index contributed by atoms with van der Waals surface area (Å²) in [6.07, 6.45) is -0.389. The van der Waals surface area contributed by atoms with Gasteiger partial charge in [-0.3, -0.25) is 4.79 Å². The quantitative estimate of drug-likeness (QED) is 0.721. The fourth-order valence-electron chi connectivity index (χ4n) is 1.83. The Balaban J connectivity index is 2.34. The minimum Gasteiger partial charge on any atom is -0.481 e. The molecule has 2 heterocycles. The number of anilines is 1. The highest BCUT2D eigenvalue weighted by Crippen LogP contribution is 2.26. The van der Waals surface area contributed by atoms with E-state index >= 15 is 0 Å². The Bertz CT molecular complexity index is 717. The molecule has 0 spiro atoms. The van der Waals surface area contributed by atoms with Crippen molar-refractivity contribution in [1.82, 2.24) is 9.88 Å². The van der Waals surface area contributed by atoms with Gasteiger partial charge in [-0.25, -0.2) is 13.1 Å². The highest BCUT2D eigenvalue weighted by molar-refractivity contribution is 7.89. The van der Waals surface area contributed by atoms with Gasteiger partial charge in [0.15, 0.2) is 16.5 Å². The van der Waals surface area contributed by atoms with Crippen molar-refractivity contribution in [3.05, 3.63) is 28.2 Å². The molecule has 10 heteroatoms. The number of hydrogen-bond donors (Lipinski definition) is 3.